The van der Waals surface area contributed by atoms with E-state index >= 15 is 0 Å². The van der Waals surface area contributed by atoms with Gasteiger partial charge in [0.15, 0.2) is 0 Å². The van der Waals surface area contributed by atoms with E-state index in [1.165, 1.54) is 0 Å². The Morgan fingerprint density at radius 1 is 1.19 bits per heavy atom. The Bertz CT molecular complexity index is 623. The predicted octanol–water partition coefficient (Wildman–Crippen LogP) is 3.68. The van der Waals surface area contributed by atoms with Crippen LogP contribution in [0.5, 0.6) is 5.75 Å². The molecular weight excluding hydrogens is 286 g/mol. The number of benzene rings is 2. The number of rotatable bonds is 6. The monoisotopic (exact) mass is 303 g/mol. The van der Waals surface area contributed by atoms with Crippen molar-refractivity contribution in [1.82, 2.24) is 0 Å². The van der Waals surface area contributed by atoms with E-state index in [9.17, 15) is 4.79 Å². The molecule has 2 aromatic carbocycles. The zero-order valence-electron chi connectivity index (χ0n) is 11.9. The number of nitrogen functional groups attached to an aromatic ring is 1. The third kappa shape index (κ3) is 4.50. The summed E-state index contributed by atoms with van der Waals surface area (Å²) >= 11 is 5.97. The third-order valence-electron chi connectivity index (χ3n) is 3.30. The maximum Gasteiger partial charge on any atom is 0.137 e. The second kappa shape index (κ2) is 7.14. The topological polar surface area (TPSA) is 52.3 Å². The number of halogens is 1. The van der Waals surface area contributed by atoms with Crippen LogP contribution < -0.4 is 10.5 Å². The highest BCUT2D eigenvalue weighted by Crippen LogP contribution is 2.23. The van der Waals surface area contributed by atoms with Crippen molar-refractivity contribution in [2.45, 2.75) is 19.3 Å². The molecule has 0 aliphatic carbocycles. The van der Waals surface area contributed by atoms with Crippen LogP contribution in [0, 0.1) is 0 Å². The number of methoxy groups -OCH3 is 1. The zero-order chi connectivity index (χ0) is 15.2. The molecule has 0 heterocycles. The second-order valence-corrected chi connectivity index (χ2v) is 5.35. The molecular formula is C17H18ClNO2. The molecule has 0 amide bonds. The molecule has 0 saturated heterocycles. The molecule has 2 aromatic rings. The van der Waals surface area contributed by atoms with E-state index in [1.807, 2.05) is 24.3 Å². The third-order valence-corrected chi connectivity index (χ3v) is 3.54. The van der Waals surface area contributed by atoms with Crippen molar-refractivity contribution in [2.75, 3.05) is 12.8 Å². The predicted molar refractivity (Wildman–Crippen MR) is 85.9 cm³/mol. The molecule has 0 spiro atoms. The maximum atomic E-state index is 12.1. The molecule has 0 aliphatic heterocycles. The number of nitrogens with two attached hydrogens (primary N) is 1. The van der Waals surface area contributed by atoms with Crippen LogP contribution in [0.4, 0.5) is 5.69 Å². The fourth-order valence-electron chi connectivity index (χ4n) is 2.15. The van der Waals surface area contributed by atoms with Crippen LogP contribution in [-0.4, -0.2) is 12.9 Å². The Hall–Kier alpha value is -2.00. The molecule has 0 radical (unpaired) electrons. The lowest BCUT2D eigenvalue weighted by Crippen LogP contribution is -2.06. The Morgan fingerprint density at radius 2 is 1.90 bits per heavy atom. The number of Topliss-reactive ketones (excluding diaryl/α,β-unsaturated/α-hetero) is 1. The molecule has 110 valence electrons. The quantitative estimate of drug-likeness (QED) is 0.828. The van der Waals surface area contributed by atoms with Crippen LogP contribution in [0.1, 0.15) is 17.5 Å². The molecule has 2 rings (SSSR count). The summed E-state index contributed by atoms with van der Waals surface area (Å²) in [5.74, 6) is 0.854. The number of carbonyl (C=O) groups is 1. The van der Waals surface area contributed by atoms with Gasteiger partial charge in [-0.3, -0.25) is 4.79 Å². The van der Waals surface area contributed by atoms with Gasteiger partial charge in [0.1, 0.15) is 11.5 Å². The zero-order valence-corrected chi connectivity index (χ0v) is 12.7. The van der Waals surface area contributed by atoms with E-state index in [0.29, 0.717) is 30.0 Å². The van der Waals surface area contributed by atoms with Crippen LogP contribution in [-0.2, 0) is 17.6 Å². The summed E-state index contributed by atoms with van der Waals surface area (Å²) in [5.41, 5.74) is 8.30. The smallest absolute Gasteiger partial charge is 0.137 e. The Labute approximate surface area is 129 Å². The number of hydrogen-bond acceptors (Lipinski definition) is 3. The molecule has 0 saturated carbocycles. The highest BCUT2D eigenvalue weighted by molar-refractivity contribution is 6.30. The lowest BCUT2D eigenvalue weighted by atomic mass is 10.0. The largest absolute Gasteiger partial charge is 0.496 e. The van der Waals surface area contributed by atoms with Gasteiger partial charge in [-0.1, -0.05) is 23.7 Å². The molecule has 21 heavy (non-hydrogen) atoms. The maximum absolute atomic E-state index is 12.1. The Morgan fingerprint density at radius 3 is 2.57 bits per heavy atom. The highest BCUT2D eigenvalue weighted by atomic mass is 35.5. The molecule has 0 fully saturated rings. The molecule has 4 heteroatoms. The fourth-order valence-corrected chi connectivity index (χ4v) is 2.35. The first-order valence-electron chi connectivity index (χ1n) is 6.77. The van der Waals surface area contributed by atoms with E-state index in [0.717, 1.165) is 16.8 Å². The van der Waals surface area contributed by atoms with Gasteiger partial charge in [0.2, 0.25) is 0 Å². The molecule has 2 N–H and O–H groups in total. The summed E-state index contributed by atoms with van der Waals surface area (Å²) in [7, 11) is 1.59. The molecule has 0 aliphatic rings. The first-order valence-corrected chi connectivity index (χ1v) is 7.15. The van der Waals surface area contributed by atoms with Crippen molar-refractivity contribution < 1.29 is 9.53 Å². The van der Waals surface area contributed by atoms with Crippen LogP contribution >= 0.6 is 11.6 Å². The lowest BCUT2D eigenvalue weighted by molar-refractivity contribution is -0.118. The van der Waals surface area contributed by atoms with Gasteiger partial charge in [0.25, 0.3) is 0 Å². The van der Waals surface area contributed by atoms with Crippen LogP contribution in [0.3, 0.4) is 0 Å². The molecule has 0 atom stereocenters. The molecule has 0 bridgehead atoms. The van der Waals surface area contributed by atoms with E-state index in [2.05, 4.69) is 0 Å². The van der Waals surface area contributed by atoms with E-state index < -0.39 is 0 Å². The Kier molecular flexibility index (Phi) is 5.23. The minimum absolute atomic E-state index is 0.160. The minimum Gasteiger partial charge on any atom is -0.496 e. The summed E-state index contributed by atoms with van der Waals surface area (Å²) < 4.78 is 5.25. The number of ether oxygens (including phenoxy) is 1. The number of hydrogen-bond donors (Lipinski definition) is 1. The van der Waals surface area contributed by atoms with Crippen molar-refractivity contribution in [1.29, 1.82) is 0 Å². The summed E-state index contributed by atoms with van der Waals surface area (Å²) in [6.07, 6.45) is 1.53. The summed E-state index contributed by atoms with van der Waals surface area (Å²) in [5, 5.41) is 0.608. The molecule has 3 nitrogen and oxygen atoms in total. The second-order valence-electron chi connectivity index (χ2n) is 4.91. The van der Waals surface area contributed by atoms with Gasteiger partial charge in [-0.15, -0.1) is 0 Å². The number of aryl methyl sites for hydroxylation is 1. The van der Waals surface area contributed by atoms with Gasteiger partial charge in [0, 0.05) is 29.1 Å². The first-order chi connectivity index (χ1) is 10.1. The van der Waals surface area contributed by atoms with Crippen molar-refractivity contribution >= 4 is 23.1 Å². The highest BCUT2D eigenvalue weighted by Gasteiger charge is 2.10. The standard InChI is InChI=1S/C17H18ClNO2/c1-21-17-9-5-14(18)10-13(17)11-16(20)8-4-12-2-6-15(19)7-3-12/h2-3,5-7,9-10H,4,8,11,19H2,1H3. The average molecular weight is 304 g/mol. The fraction of sp³-hybridized carbons (Fsp3) is 0.235. The van der Waals surface area contributed by atoms with Crippen LogP contribution in [0.15, 0.2) is 42.5 Å². The molecule has 0 unspecified atom stereocenters. The number of ketones is 1. The van der Waals surface area contributed by atoms with Gasteiger partial charge in [-0.2, -0.15) is 0 Å². The van der Waals surface area contributed by atoms with Gasteiger partial charge in [-0.25, -0.2) is 0 Å². The van der Waals surface area contributed by atoms with Gasteiger partial charge < -0.3 is 10.5 Å². The van der Waals surface area contributed by atoms with Crippen LogP contribution in [0.2, 0.25) is 5.02 Å². The Balaban J connectivity index is 1.95. The summed E-state index contributed by atoms with van der Waals surface area (Å²) in [4.78, 5) is 12.1. The van der Waals surface area contributed by atoms with Crippen molar-refractivity contribution in [2.24, 2.45) is 0 Å². The SMILES string of the molecule is COc1ccc(Cl)cc1CC(=O)CCc1ccc(N)cc1. The van der Waals surface area contributed by atoms with E-state index in [4.69, 9.17) is 22.1 Å². The minimum atomic E-state index is 0.160. The van der Waals surface area contributed by atoms with Crippen molar-refractivity contribution in [3.05, 3.63) is 58.6 Å². The normalized spacial score (nSPS) is 10.4. The number of carbonyl (C=O) groups excluding carboxylic acids is 1. The first kappa shape index (κ1) is 15.4. The van der Waals surface area contributed by atoms with E-state index in [-0.39, 0.29) is 5.78 Å². The van der Waals surface area contributed by atoms with Gasteiger partial charge in [-0.05, 0) is 42.3 Å². The summed E-state index contributed by atoms with van der Waals surface area (Å²) in [6, 6.07) is 12.9. The van der Waals surface area contributed by atoms with Gasteiger partial charge >= 0.3 is 0 Å². The molecule has 0 aromatic heterocycles. The van der Waals surface area contributed by atoms with Crippen LogP contribution in [0.25, 0.3) is 0 Å². The van der Waals surface area contributed by atoms with Gasteiger partial charge in [0.05, 0.1) is 7.11 Å². The lowest BCUT2D eigenvalue weighted by Gasteiger charge is -2.08. The average Bonchev–Trinajstić information content (AvgIpc) is 2.47. The van der Waals surface area contributed by atoms with Crippen molar-refractivity contribution in [3.63, 3.8) is 0 Å². The van der Waals surface area contributed by atoms with E-state index in [1.54, 1.807) is 25.3 Å². The summed E-state index contributed by atoms with van der Waals surface area (Å²) in [6.45, 7) is 0. The number of anilines is 1. The van der Waals surface area contributed by atoms with Crippen molar-refractivity contribution in [3.8, 4) is 5.75 Å².